The van der Waals surface area contributed by atoms with Gasteiger partial charge in [-0.25, -0.2) is 4.79 Å². The molecule has 1 aromatic carbocycles. The van der Waals surface area contributed by atoms with Gasteiger partial charge < -0.3 is 10.0 Å². The van der Waals surface area contributed by atoms with E-state index in [1.165, 1.54) is 18.2 Å². The van der Waals surface area contributed by atoms with Crippen LogP contribution in [0.2, 0.25) is 0 Å². The summed E-state index contributed by atoms with van der Waals surface area (Å²) in [4.78, 5) is 23.5. The first kappa shape index (κ1) is 13.7. The van der Waals surface area contributed by atoms with Gasteiger partial charge in [0, 0.05) is 30.2 Å². The summed E-state index contributed by atoms with van der Waals surface area (Å²) in [6, 6.07) is 3.93. The molecule has 0 amide bonds. The zero-order valence-electron chi connectivity index (χ0n) is 10.4. The van der Waals surface area contributed by atoms with Crippen LogP contribution in [0.25, 0.3) is 0 Å². The highest BCUT2D eigenvalue weighted by molar-refractivity contribution is 8.00. The third-order valence-electron chi connectivity index (χ3n) is 3.00. The number of hydrogen-bond acceptors (Lipinski definition) is 5. The third kappa shape index (κ3) is 2.98. The number of rotatable bonds is 3. The Kier molecular flexibility index (Phi) is 3.94. The predicted molar refractivity (Wildman–Crippen MR) is 74.2 cm³/mol. The van der Waals surface area contributed by atoms with Crippen LogP contribution in [0, 0.1) is 10.1 Å². The van der Waals surface area contributed by atoms with Crippen LogP contribution < -0.4 is 4.90 Å². The van der Waals surface area contributed by atoms with Crippen molar-refractivity contribution in [2.45, 2.75) is 12.2 Å². The number of carboxylic acid groups (broad SMARTS) is 1. The van der Waals surface area contributed by atoms with Crippen molar-refractivity contribution < 1.29 is 14.8 Å². The minimum atomic E-state index is -1.07. The van der Waals surface area contributed by atoms with Crippen LogP contribution in [-0.4, -0.2) is 40.1 Å². The summed E-state index contributed by atoms with van der Waals surface area (Å²) < 4.78 is 0. The maximum Gasteiger partial charge on any atom is 0.335 e. The van der Waals surface area contributed by atoms with Gasteiger partial charge in [0.25, 0.3) is 5.69 Å². The van der Waals surface area contributed by atoms with Gasteiger partial charge in [0.15, 0.2) is 0 Å². The number of benzene rings is 1. The SMILES string of the molecule is CC1CN(c2cc(C(=O)O)ccc2[N+](=O)[O-])CCS1. The van der Waals surface area contributed by atoms with Crippen molar-refractivity contribution in [2.75, 3.05) is 23.7 Å². The molecule has 1 N–H and O–H groups in total. The lowest BCUT2D eigenvalue weighted by Gasteiger charge is -2.32. The standard InChI is InChI=1S/C12H14N2O4S/c1-8-7-13(4-5-19-8)11-6-9(12(15)16)2-3-10(11)14(17)18/h2-3,6,8H,4-5,7H2,1H3,(H,15,16). The average molecular weight is 282 g/mol. The fourth-order valence-electron chi connectivity index (χ4n) is 2.10. The summed E-state index contributed by atoms with van der Waals surface area (Å²) in [5, 5.41) is 20.4. The molecule has 0 aliphatic carbocycles. The van der Waals surface area contributed by atoms with E-state index in [1.54, 1.807) is 0 Å². The van der Waals surface area contributed by atoms with Crippen molar-refractivity contribution in [3.8, 4) is 0 Å². The van der Waals surface area contributed by atoms with Crippen LogP contribution >= 0.6 is 11.8 Å². The van der Waals surface area contributed by atoms with E-state index in [-0.39, 0.29) is 11.3 Å². The number of nitro groups is 1. The van der Waals surface area contributed by atoms with Crippen molar-refractivity contribution in [2.24, 2.45) is 0 Å². The molecule has 0 bridgehead atoms. The molecule has 1 atom stereocenters. The maximum atomic E-state index is 11.1. The van der Waals surface area contributed by atoms with Crippen molar-refractivity contribution in [1.29, 1.82) is 0 Å². The Hall–Kier alpha value is -1.76. The largest absolute Gasteiger partial charge is 0.478 e. The molecule has 0 spiro atoms. The summed E-state index contributed by atoms with van der Waals surface area (Å²) in [6.07, 6.45) is 0. The number of carbonyl (C=O) groups is 1. The molecule has 1 aromatic rings. The molecule has 0 radical (unpaired) electrons. The van der Waals surface area contributed by atoms with Gasteiger partial charge in [-0.1, -0.05) is 6.92 Å². The maximum absolute atomic E-state index is 11.1. The second-order valence-electron chi connectivity index (χ2n) is 4.39. The number of aromatic carboxylic acids is 1. The molecule has 102 valence electrons. The Morgan fingerprint density at radius 2 is 2.32 bits per heavy atom. The van der Waals surface area contributed by atoms with Gasteiger partial charge in [-0.2, -0.15) is 11.8 Å². The van der Waals surface area contributed by atoms with Crippen molar-refractivity contribution in [3.05, 3.63) is 33.9 Å². The molecule has 0 saturated carbocycles. The monoisotopic (exact) mass is 282 g/mol. The quantitative estimate of drug-likeness (QED) is 0.676. The zero-order valence-corrected chi connectivity index (χ0v) is 11.2. The molecule has 0 aromatic heterocycles. The lowest BCUT2D eigenvalue weighted by atomic mass is 10.1. The van der Waals surface area contributed by atoms with Gasteiger partial charge in [0.05, 0.1) is 10.5 Å². The predicted octanol–water partition coefficient (Wildman–Crippen LogP) is 2.23. The van der Waals surface area contributed by atoms with E-state index in [2.05, 4.69) is 6.92 Å². The van der Waals surface area contributed by atoms with E-state index in [9.17, 15) is 14.9 Å². The number of carboxylic acids is 1. The molecule has 1 saturated heterocycles. The lowest BCUT2D eigenvalue weighted by molar-refractivity contribution is -0.384. The zero-order chi connectivity index (χ0) is 14.0. The van der Waals surface area contributed by atoms with Crippen molar-refractivity contribution in [1.82, 2.24) is 0 Å². The van der Waals surface area contributed by atoms with Gasteiger partial charge >= 0.3 is 5.97 Å². The fraction of sp³-hybridized carbons (Fsp3) is 0.417. The fourth-order valence-corrected chi connectivity index (χ4v) is 3.11. The first-order chi connectivity index (χ1) is 8.99. The smallest absolute Gasteiger partial charge is 0.335 e. The molecular weight excluding hydrogens is 268 g/mol. The number of thioether (sulfide) groups is 1. The highest BCUT2D eigenvalue weighted by Gasteiger charge is 2.25. The summed E-state index contributed by atoms with van der Waals surface area (Å²) in [5.41, 5.74) is 0.438. The normalized spacial score (nSPS) is 19.2. The van der Waals surface area contributed by atoms with Crippen LogP contribution in [-0.2, 0) is 0 Å². The number of hydrogen-bond donors (Lipinski definition) is 1. The molecular formula is C12H14N2O4S. The number of nitrogens with zero attached hydrogens (tertiary/aromatic N) is 2. The Bertz CT molecular complexity index is 520. The number of anilines is 1. The van der Waals surface area contributed by atoms with E-state index in [4.69, 9.17) is 5.11 Å². The first-order valence-corrected chi connectivity index (χ1v) is 6.92. The molecule has 6 nitrogen and oxygen atoms in total. The summed E-state index contributed by atoms with van der Waals surface area (Å²) in [7, 11) is 0. The second-order valence-corrected chi connectivity index (χ2v) is 5.94. The highest BCUT2D eigenvalue weighted by Crippen LogP contribution is 2.32. The second kappa shape index (κ2) is 5.48. The minimum Gasteiger partial charge on any atom is -0.478 e. The molecule has 1 aliphatic rings. The topological polar surface area (TPSA) is 83.7 Å². The Morgan fingerprint density at radius 3 is 2.89 bits per heavy atom. The van der Waals surface area contributed by atoms with E-state index >= 15 is 0 Å². The van der Waals surface area contributed by atoms with Crippen LogP contribution in [0.4, 0.5) is 11.4 Å². The molecule has 7 heteroatoms. The van der Waals surface area contributed by atoms with E-state index in [0.717, 1.165) is 5.75 Å². The van der Waals surface area contributed by atoms with Gasteiger partial charge in [0.2, 0.25) is 0 Å². The van der Waals surface area contributed by atoms with Gasteiger partial charge in [-0.3, -0.25) is 10.1 Å². The summed E-state index contributed by atoms with van der Waals surface area (Å²) in [5.74, 6) is -0.189. The van der Waals surface area contributed by atoms with E-state index in [1.807, 2.05) is 16.7 Å². The minimum absolute atomic E-state index is 0.0379. The number of nitro benzene ring substituents is 1. The van der Waals surface area contributed by atoms with Crippen LogP contribution in [0.5, 0.6) is 0 Å². The van der Waals surface area contributed by atoms with Crippen LogP contribution in [0.1, 0.15) is 17.3 Å². The van der Waals surface area contributed by atoms with Gasteiger partial charge in [-0.05, 0) is 12.1 Å². The van der Waals surface area contributed by atoms with Crippen molar-refractivity contribution >= 4 is 29.1 Å². The molecule has 1 heterocycles. The molecule has 1 aliphatic heterocycles. The summed E-state index contributed by atoms with van der Waals surface area (Å²) >= 11 is 1.81. The Balaban J connectivity index is 2.42. The molecule has 1 fully saturated rings. The van der Waals surface area contributed by atoms with Gasteiger partial charge in [0.1, 0.15) is 5.69 Å². The Labute approximate surface area is 114 Å². The molecule has 19 heavy (non-hydrogen) atoms. The van der Waals surface area contributed by atoms with E-state index in [0.29, 0.717) is 24.0 Å². The first-order valence-electron chi connectivity index (χ1n) is 5.87. The third-order valence-corrected chi connectivity index (χ3v) is 4.14. The van der Waals surface area contributed by atoms with E-state index < -0.39 is 10.9 Å². The molecule has 2 rings (SSSR count). The average Bonchev–Trinajstić information content (AvgIpc) is 2.37. The van der Waals surface area contributed by atoms with Crippen LogP contribution in [0.3, 0.4) is 0 Å². The lowest BCUT2D eigenvalue weighted by Crippen LogP contribution is -2.37. The highest BCUT2D eigenvalue weighted by atomic mass is 32.2. The molecule has 1 unspecified atom stereocenters. The van der Waals surface area contributed by atoms with Gasteiger partial charge in [-0.15, -0.1) is 0 Å². The Morgan fingerprint density at radius 1 is 1.58 bits per heavy atom. The van der Waals surface area contributed by atoms with Crippen molar-refractivity contribution in [3.63, 3.8) is 0 Å². The summed E-state index contributed by atoms with van der Waals surface area (Å²) in [6.45, 7) is 3.44. The van der Waals surface area contributed by atoms with Crippen LogP contribution in [0.15, 0.2) is 18.2 Å².